The second-order valence-corrected chi connectivity index (χ2v) is 8.18. The van der Waals surface area contributed by atoms with E-state index in [1.807, 2.05) is 34.6 Å². The summed E-state index contributed by atoms with van der Waals surface area (Å²) in [6.45, 7) is 13.2. The molecule has 1 aliphatic heterocycles. The maximum atomic E-state index is 12.2. The second kappa shape index (κ2) is 7.00. The van der Waals surface area contributed by atoms with Crippen LogP contribution in [0, 0.1) is 17.8 Å². The smallest absolute Gasteiger partial charge is 0.327 e. The Labute approximate surface area is 145 Å². The molecule has 1 fully saturated rings. The highest BCUT2D eigenvalue weighted by Crippen LogP contribution is 2.36. The van der Waals surface area contributed by atoms with E-state index in [0.29, 0.717) is 6.42 Å². The predicted octanol–water partition coefficient (Wildman–Crippen LogP) is 2.09. The summed E-state index contributed by atoms with van der Waals surface area (Å²) >= 11 is 0. The fraction of sp³-hybridized carbons (Fsp3) is 0.889. The molecule has 0 spiro atoms. The maximum absolute atomic E-state index is 12.2. The first-order valence-corrected chi connectivity index (χ1v) is 8.76. The third-order valence-electron chi connectivity index (χ3n) is 6.40. The molecule has 1 aliphatic rings. The summed E-state index contributed by atoms with van der Waals surface area (Å²) in [6.07, 6.45) is 0.619. The molecule has 0 aromatic carbocycles. The Morgan fingerprint density at radius 3 is 1.83 bits per heavy atom. The van der Waals surface area contributed by atoms with E-state index in [1.165, 1.54) is 11.9 Å². The summed E-state index contributed by atoms with van der Waals surface area (Å²) in [6, 6.07) is -0.868. The number of nitrogens with zero attached hydrogens (tertiary/aromatic N) is 2. The van der Waals surface area contributed by atoms with Crippen LogP contribution in [0.2, 0.25) is 0 Å². The second-order valence-electron chi connectivity index (χ2n) is 8.18. The van der Waals surface area contributed by atoms with Gasteiger partial charge in [-0.25, -0.2) is 4.79 Å². The fourth-order valence-electron chi connectivity index (χ4n) is 3.23. The summed E-state index contributed by atoms with van der Waals surface area (Å²) in [5, 5.41) is 21.7. The first-order chi connectivity index (χ1) is 10.7. The Bertz CT molecular complexity index is 487. The highest BCUT2D eigenvalue weighted by molar-refractivity contribution is 6.01. The van der Waals surface area contributed by atoms with Gasteiger partial charge < -0.3 is 15.1 Å². The van der Waals surface area contributed by atoms with Crippen molar-refractivity contribution in [2.75, 3.05) is 13.6 Å². The molecule has 3 amide bonds. The molecule has 1 heterocycles. The number of aliphatic hydroxyl groups is 2. The average Bonchev–Trinajstić information content (AvgIpc) is 2.73. The molecule has 0 bridgehead atoms. The lowest BCUT2D eigenvalue weighted by molar-refractivity contribution is -0.125. The number of urea groups is 1. The van der Waals surface area contributed by atoms with Gasteiger partial charge in [-0.2, -0.15) is 0 Å². The number of likely N-dealkylation sites (N-methyl/N-ethyl adjacent to an activating group) is 1. The predicted molar refractivity (Wildman–Crippen MR) is 93.4 cm³/mol. The van der Waals surface area contributed by atoms with Crippen LogP contribution in [0.4, 0.5) is 4.79 Å². The van der Waals surface area contributed by atoms with Crippen LogP contribution in [-0.4, -0.2) is 62.8 Å². The number of imide groups is 1. The minimum Gasteiger partial charge on any atom is -0.390 e. The highest BCUT2D eigenvalue weighted by atomic mass is 16.3. The van der Waals surface area contributed by atoms with Gasteiger partial charge in [-0.1, -0.05) is 27.7 Å². The van der Waals surface area contributed by atoms with Crippen LogP contribution < -0.4 is 0 Å². The number of carbonyl (C=O) groups is 2. The quantitative estimate of drug-likeness (QED) is 0.694. The van der Waals surface area contributed by atoms with Crippen molar-refractivity contribution in [1.29, 1.82) is 0 Å². The van der Waals surface area contributed by atoms with E-state index in [4.69, 9.17) is 0 Å². The molecule has 0 saturated carbocycles. The molecule has 0 radical (unpaired) electrons. The first kappa shape index (κ1) is 20.9. The van der Waals surface area contributed by atoms with Gasteiger partial charge in [-0.15, -0.1) is 0 Å². The topological polar surface area (TPSA) is 81.1 Å². The third kappa shape index (κ3) is 3.75. The van der Waals surface area contributed by atoms with E-state index in [-0.39, 0.29) is 36.2 Å². The van der Waals surface area contributed by atoms with Crippen LogP contribution in [0.15, 0.2) is 0 Å². The SMILES string of the molecule is CC(C)C(C)(O)C(C)CC(C)C(C)(O)C(C)N1CC(=O)N(C)C1=O. The number of amides is 3. The summed E-state index contributed by atoms with van der Waals surface area (Å²) < 4.78 is 0. The van der Waals surface area contributed by atoms with Crippen molar-refractivity contribution in [3.63, 3.8) is 0 Å². The molecule has 140 valence electrons. The molecule has 1 saturated heterocycles. The zero-order valence-electron chi connectivity index (χ0n) is 16.3. The van der Waals surface area contributed by atoms with Crippen molar-refractivity contribution in [2.45, 2.75) is 72.1 Å². The van der Waals surface area contributed by atoms with E-state index in [0.717, 1.165) is 4.90 Å². The van der Waals surface area contributed by atoms with E-state index >= 15 is 0 Å². The van der Waals surface area contributed by atoms with Crippen molar-refractivity contribution in [1.82, 2.24) is 9.80 Å². The molecule has 5 unspecified atom stereocenters. The Hall–Kier alpha value is -1.14. The number of carbonyl (C=O) groups excluding carboxylic acids is 2. The fourth-order valence-corrected chi connectivity index (χ4v) is 3.23. The molecular formula is C18H34N2O4. The van der Waals surface area contributed by atoms with Crippen molar-refractivity contribution in [3.05, 3.63) is 0 Å². The Balaban J connectivity index is 2.87. The van der Waals surface area contributed by atoms with Crippen LogP contribution in [0.5, 0.6) is 0 Å². The summed E-state index contributed by atoms with van der Waals surface area (Å²) in [5.41, 5.74) is -1.99. The Morgan fingerprint density at radius 1 is 1.00 bits per heavy atom. The molecule has 6 nitrogen and oxygen atoms in total. The molecule has 0 aromatic rings. The van der Waals surface area contributed by atoms with Crippen molar-refractivity contribution < 1.29 is 19.8 Å². The van der Waals surface area contributed by atoms with Gasteiger partial charge in [0.05, 0.1) is 17.2 Å². The normalized spacial score (nSPS) is 24.8. The number of hydrogen-bond donors (Lipinski definition) is 2. The minimum absolute atomic E-state index is 0.00136. The van der Waals surface area contributed by atoms with E-state index in [2.05, 4.69) is 0 Å². The number of rotatable bonds is 7. The van der Waals surface area contributed by atoms with E-state index < -0.39 is 17.2 Å². The van der Waals surface area contributed by atoms with Crippen molar-refractivity contribution in [3.8, 4) is 0 Å². The van der Waals surface area contributed by atoms with Crippen molar-refractivity contribution >= 4 is 11.9 Å². The van der Waals surface area contributed by atoms with Crippen LogP contribution >= 0.6 is 0 Å². The average molecular weight is 342 g/mol. The van der Waals surface area contributed by atoms with Gasteiger partial charge in [0.25, 0.3) is 0 Å². The van der Waals surface area contributed by atoms with Gasteiger partial charge in [0.2, 0.25) is 5.91 Å². The van der Waals surface area contributed by atoms with Gasteiger partial charge >= 0.3 is 6.03 Å². The third-order valence-corrected chi connectivity index (χ3v) is 6.40. The van der Waals surface area contributed by atoms with Gasteiger partial charge in [0, 0.05) is 7.05 Å². The molecule has 0 aromatic heterocycles. The first-order valence-electron chi connectivity index (χ1n) is 8.76. The molecule has 0 aliphatic carbocycles. The van der Waals surface area contributed by atoms with Crippen molar-refractivity contribution in [2.24, 2.45) is 17.8 Å². The van der Waals surface area contributed by atoms with Gasteiger partial charge in [0.1, 0.15) is 6.54 Å². The van der Waals surface area contributed by atoms with Crippen LogP contribution in [0.1, 0.15) is 54.9 Å². The lowest BCUT2D eigenvalue weighted by Gasteiger charge is -2.43. The highest BCUT2D eigenvalue weighted by Gasteiger charge is 2.46. The van der Waals surface area contributed by atoms with Crippen LogP contribution in [0.25, 0.3) is 0 Å². The van der Waals surface area contributed by atoms with Gasteiger partial charge in [0.15, 0.2) is 0 Å². The molecule has 6 heteroatoms. The Morgan fingerprint density at radius 2 is 1.46 bits per heavy atom. The summed E-state index contributed by atoms with van der Waals surface area (Å²) in [5.74, 6) is -0.314. The number of hydrogen-bond acceptors (Lipinski definition) is 4. The molecule has 5 atom stereocenters. The molecule has 2 N–H and O–H groups in total. The summed E-state index contributed by atoms with van der Waals surface area (Å²) in [7, 11) is 1.46. The minimum atomic E-state index is -1.16. The summed E-state index contributed by atoms with van der Waals surface area (Å²) in [4.78, 5) is 26.4. The molecular weight excluding hydrogens is 308 g/mol. The Kier molecular flexibility index (Phi) is 6.10. The van der Waals surface area contributed by atoms with Gasteiger partial charge in [-0.3, -0.25) is 9.69 Å². The van der Waals surface area contributed by atoms with E-state index in [1.54, 1.807) is 13.8 Å². The maximum Gasteiger partial charge on any atom is 0.327 e. The molecule has 1 rings (SSSR count). The van der Waals surface area contributed by atoms with E-state index in [9.17, 15) is 19.8 Å². The monoisotopic (exact) mass is 342 g/mol. The standard InChI is InChI=1S/C18H34N2O4/c1-11(2)17(6,23)12(3)9-13(4)18(7,24)14(5)20-10-15(21)19(8)16(20)22/h11-14,23-24H,9-10H2,1-8H3. The zero-order chi connectivity index (χ0) is 19.0. The molecule has 24 heavy (non-hydrogen) atoms. The largest absolute Gasteiger partial charge is 0.390 e. The van der Waals surface area contributed by atoms with Gasteiger partial charge in [-0.05, 0) is 44.9 Å². The van der Waals surface area contributed by atoms with Crippen LogP contribution in [-0.2, 0) is 4.79 Å². The lowest BCUT2D eigenvalue weighted by Crippen LogP contribution is -2.54. The zero-order valence-corrected chi connectivity index (χ0v) is 16.3. The van der Waals surface area contributed by atoms with Crippen LogP contribution in [0.3, 0.4) is 0 Å². The lowest BCUT2D eigenvalue weighted by atomic mass is 9.72.